The normalized spacial score (nSPS) is 12.8. The van der Waals surface area contributed by atoms with Crippen LogP contribution in [0.1, 0.15) is 19.4 Å². The van der Waals surface area contributed by atoms with Gasteiger partial charge in [-0.2, -0.15) is 0 Å². The molecule has 0 saturated heterocycles. The second kappa shape index (κ2) is 5.16. The van der Waals surface area contributed by atoms with E-state index in [0.717, 1.165) is 10.6 Å². The number of aromatic nitrogens is 1. The molecule has 0 saturated carbocycles. The molecule has 1 aromatic rings. The number of aliphatic carboxylic acids is 1. The molecule has 15 heavy (non-hydrogen) atoms. The third-order valence-electron chi connectivity index (χ3n) is 2.05. The Balaban J connectivity index is 2.84. The zero-order valence-electron chi connectivity index (χ0n) is 9.10. The van der Waals surface area contributed by atoms with Gasteiger partial charge >= 0.3 is 5.97 Å². The Kier molecular flexibility index (Phi) is 4.15. The standard InChI is InChI=1S/C11H15NO2S/c1-7(2)9(11(13)14)15-10-8(3)5-4-6-12-10/h4-7,9H,1-3H3,(H,13,14). The molecule has 0 aromatic carbocycles. The topological polar surface area (TPSA) is 50.2 Å². The number of hydrogen-bond donors (Lipinski definition) is 1. The highest BCUT2D eigenvalue weighted by Crippen LogP contribution is 2.28. The van der Waals surface area contributed by atoms with E-state index in [9.17, 15) is 4.79 Å². The Labute approximate surface area is 93.9 Å². The number of carboxylic acid groups (broad SMARTS) is 1. The van der Waals surface area contributed by atoms with Crippen LogP contribution in [-0.4, -0.2) is 21.3 Å². The van der Waals surface area contributed by atoms with Gasteiger partial charge in [-0.05, 0) is 24.5 Å². The smallest absolute Gasteiger partial charge is 0.317 e. The maximum Gasteiger partial charge on any atom is 0.317 e. The van der Waals surface area contributed by atoms with Crippen LogP contribution in [0.4, 0.5) is 0 Å². The molecule has 1 rings (SSSR count). The van der Waals surface area contributed by atoms with E-state index >= 15 is 0 Å². The second-order valence-electron chi connectivity index (χ2n) is 3.75. The van der Waals surface area contributed by atoms with E-state index in [1.165, 1.54) is 11.8 Å². The minimum Gasteiger partial charge on any atom is -0.480 e. The Morgan fingerprint density at radius 2 is 2.20 bits per heavy atom. The van der Waals surface area contributed by atoms with Crippen LogP contribution < -0.4 is 0 Å². The molecule has 0 aliphatic heterocycles. The van der Waals surface area contributed by atoms with E-state index in [1.807, 2.05) is 32.9 Å². The SMILES string of the molecule is Cc1cccnc1SC(C(=O)O)C(C)C. The Morgan fingerprint density at radius 3 is 2.67 bits per heavy atom. The van der Waals surface area contributed by atoms with Gasteiger partial charge in [0, 0.05) is 6.20 Å². The summed E-state index contributed by atoms with van der Waals surface area (Å²) >= 11 is 1.32. The van der Waals surface area contributed by atoms with E-state index < -0.39 is 11.2 Å². The van der Waals surface area contributed by atoms with Gasteiger partial charge in [-0.1, -0.05) is 31.7 Å². The summed E-state index contributed by atoms with van der Waals surface area (Å²) in [7, 11) is 0. The van der Waals surface area contributed by atoms with Gasteiger partial charge in [0.25, 0.3) is 0 Å². The molecule has 0 spiro atoms. The van der Waals surface area contributed by atoms with E-state index in [2.05, 4.69) is 4.98 Å². The summed E-state index contributed by atoms with van der Waals surface area (Å²) in [6.45, 7) is 5.75. The number of thioether (sulfide) groups is 1. The minimum atomic E-state index is -0.778. The van der Waals surface area contributed by atoms with Crippen molar-refractivity contribution in [2.24, 2.45) is 5.92 Å². The van der Waals surface area contributed by atoms with Gasteiger partial charge in [-0.25, -0.2) is 4.98 Å². The summed E-state index contributed by atoms with van der Waals surface area (Å²) in [5.41, 5.74) is 1.02. The first-order valence-corrected chi connectivity index (χ1v) is 5.71. The quantitative estimate of drug-likeness (QED) is 0.800. The molecule has 4 heteroatoms. The summed E-state index contributed by atoms with van der Waals surface area (Å²) in [5.74, 6) is -0.686. The highest BCUT2D eigenvalue weighted by molar-refractivity contribution is 8.00. The fraction of sp³-hybridized carbons (Fsp3) is 0.455. The van der Waals surface area contributed by atoms with Gasteiger partial charge in [-0.3, -0.25) is 4.79 Å². The molecule has 0 aliphatic rings. The van der Waals surface area contributed by atoms with Gasteiger partial charge in [0.2, 0.25) is 0 Å². The van der Waals surface area contributed by atoms with Gasteiger partial charge in [0.05, 0.1) is 5.03 Å². The van der Waals surface area contributed by atoms with Crippen molar-refractivity contribution in [2.75, 3.05) is 0 Å². The zero-order chi connectivity index (χ0) is 11.4. The van der Waals surface area contributed by atoms with Crippen molar-refractivity contribution < 1.29 is 9.90 Å². The summed E-state index contributed by atoms with van der Waals surface area (Å²) in [4.78, 5) is 15.2. The van der Waals surface area contributed by atoms with Gasteiger partial charge in [-0.15, -0.1) is 0 Å². The molecule has 0 aliphatic carbocycles. The lowest BCUT2D eigenvalue weighted by Gasteiger charge is -2.15. The van der Waals surface area contributed by atoms with Crippen molar-refractivity contribution in [1.82, 2.24) is 4.98 Å². The van der Waals surface area contributed by atoms with Crippen LogP contribution in [0.3, 0.4) is 0 Å². The molecule has 82 valence electrons. The number of carboxylic acids is 1. The van der Waals surface area contributed by atoms with Crippen LogP contribution in [0.5, 0.6) is 0 Å². The molecule has 1 heterocycles. The number of hydrogen-bond acceptors (Lipinski definition) is 3. The van der Waals surface area contributed by atoms with Crippen LogP contribution in [0.25, 0.3) is 0 Å². The van der Waals surface area contributed by atoms with Gasteiger partial charge in [0.15, 0.2) is 0 Å². The maximum atomic E-state index is 11.0. The molecule has 0 amide bonds. The maximum absolute atomic E-state index is 11.0. The molecule has 0 bridgehead atoms. The van der Waals surface area contributed by atoms with Crippen LogP contribution in [0, 0.1) is 12.8 Å². The first kappa shape index (κ1) is 12.0. The van der Waals surface area contributed by atoms with Crippen molar-refractivity contribution in [3.8, 4) is 0 Å². The molecular weight excluding hydrogens is 210 g/mol. The van der Waals surface area contributed by atoms with E-state index in [0.29, 0.717) is 0 Å². The fourth-order valence-electron chi connectivity index (χ4n) is 1.19. The minimum absolute atomic E-state index is 0.0916. The summed E-state index contributed by atoms with van der Waals surface area (Å²) in [6, 6.07) is 3.79. The van der Waals surface area contributed by atoms with Crippen LogP contribution in [0.2, 0.25) is 0 Å². The summed E-state index contributed by atoms with van der Waals surface area (Å²) < 4.78 is 0. The van der Waals surface area contributed by atoms with Crippen molar-refractivity contribution in [3.05, 3.63) is 23.9 Å². The number of pyridine rings is 1. The average Bonchev–Trinajstić information content (AvgIpc) is 2.15. The lowest BCUT2D eigenvalue weighted by molar-refractivity contribution is -0.137. The lowest BCUT2D eigenvalue weighted by Crippen LogP contribution is -2.22. The molecular formula is C11H15NO2S. The molecule has 0 fully saturated rings. The molecule has 3 nitrogen and oxygen atoms in total. The first-order chi connectivity index (χ1) is 7.02. The number of nitrogens with zero attached hydrogens (tertiary/aromatic N) is 1. The zero-order valence-corrected chi connectivity index (χ0v) is 9.91. The Hall–Kier alpha value is -1.03. The summed E-state index contributed by atoms with van der Waals surface area (Å²) in [6.07, 6.45) is 1.69. The van der Waals surface area contributed by atoms with Crippen molar-refractivity contribution in [1.29, 1.82) is 0 Å². The highest BCUT2D eigenvalue weighted by atomic mass is 32.2. The van der Waals surface area contributed by atoms with Gasteiger partial charge in [0.1, 0.15) is 5.25 Å². The predicted octanol–water partition coefficient (Wildman–Crippen LogP) is 2.59. The molecule has 1 N–H and O–H groups in total. The summed E-state index contributed by atoms with van der Waals surface area (Å²) in [5, 5.41) is 9.42. The largest absolute Gasteiger partial charge is 0.480 e. The van der Waals surface area contributed by atoms with E-state index in [1.54, 1.807) is 6.20 Å². The predicted molar refractivity (Wildman–Crippen MR) is 61.1 cm³/mol. The van der Waals surface area contributed by atoms with Gasteiger partial charge < -0.3 is 5.11 Å². The van der Waals surface area contributed by atoms with Crippen LogP contribution in [-0.2, 0) is 4.79 Å². The van der Waals surface area contributed by atoms with Crippen molar-refractivity contribution in [3.63, 3.8) is 0 Å². The van der Waals surface area contributed by atoms with E-state index in [4.69, 9.17) is 5.11 Å². The number of aryl methyl sites for hydroxylation is 1. The fourth-order valence-corrected chi connectivity index (χ4v) is 2.18. The van der Waals surface area contributed by atoms with Crippen LogP contribution in [0.15, 0.2) is 23.4 Å². The van der Waals surface area contributed by atoms with Crippen LogP contribution >= 0.6 is 11.8 Å². The molecule has 0 radical (unpaired) electrons. The van der Waals surface area contributed by atoms with E-state index in [-0.39, 0.29) is 5.92 Å². The third-order valence-corrected chi connectivity index (χ3v) is 3.70. The Morgan fingerprint density at radius 1 is 1.53 bits per heavy atom. The van der Waals surface area contributed by atoms with Crippen molar-refractivity contribution in [2.45, 2.75) is 31.0 Å². The number of carbonyl (C=O) groups is 1. The highest BCUT2D eigenvalue weighted by Gasteiger charge is 2.23. The lowest BCUT2D eigenvalue weighted by atomic mass is 10.1. The second-order valence-corrected chi connectivity index (χ2v) is 4.88. The molecule has 1 unspecified atom stereocenters. The molecule has 1 aromatic heterocycles. The van der Waals surface area contributed by atoms with Crippen molar-refractivity contribution >= 4 is 17.7 Å². The number of rotatable bonds is 4. The molecule has 1 atom stereocenters. The average molecular weight is 225 g/mol. The third kappa shape index (κ3) is 3.23. The first-order valence-electron chi connectivity index (χ1n) is 4.83. The Bertz CT molecular complexity index is 352. The monoisotopic (exact) mass is 225 g/mol.